The van der Waals surface area contributed by atoms with Crippen molar-refractivity contribution in [1.29, 1.82) is 0 Å². The van der Waals surface area contributed by atoms with E-state index in [4.69, 9.17) is 17.3 Å². The van der Waals surface area contributed by atoms with Crippen LogP contribution in [0.5, 0.6) is 0 Å². The molecule has 20 heavy (non-hydrogen) atoms. The molecule has 0 fully saturated rings. The monoisotopic (exact) mass is 301 g/mol. The molecule has 1 rings (SSSR count). The highest BCUT2D eigenvalue weighted by molar-refractivity contribution is 6.21. The first-order valence-corrected chi connectivity index (χ1v) is 6.91. The van der Waals surface area contributed by atoms with E-state index in [1.807, 2.05) is 18.7 Å². The lowest BCUT2D eigenvalue weighted by atomic mass is 10.0. The predicted molar refractivity (Wildman–Crippen MR) is 80.1 cm³/mol. The maximum atomic E-state index is 13.9. The number of carbonyl (C=O) groups excluding carboxylic acids is 1. The van der Waals surface area contributed by atoms with E-state index < -0.39 is 17.0 Å². The first-order valence-electron chi connectivity index (χ1n) is 6.48. The maximum Gasteiger partial charge on any atom is 0.252 e. The van der Waals surface area contributed by atoms with Gasteiger partial charge in [0.1, 0.15) is 5.67 Å². The summed E-state index contributed by atoms with van der Waals surface area (Å²) in [6.07, 6.45) is 2.98. The molecule has 0 saturated heterocycles. The molecule has 0 spiro atoms. The van der Waals surface area contributed by atoms with Crippen molar-refractivity contribution in [1.82, 2.24) is 4.98 Å². The summed E-state index contributed by atoms with van der Waals surface area (Å²) in [5.74, 6) is -0.565. The zero-order chi connectivity index (χ0) is 15.5. The summed E-state index contributed by atoms with van der Waals surface area (Å²) in [5, 5.41) is -0.709. The minimum Gasteiger partial charge on any atom is -0.367 e. The molecule has 1 heterocycles. The fourth-order valence-corrected chi connectivity index (χ4v) is 1.95. The molecule has 0 saturated carbocycles. The van der Waals surface area contributed by atoms with Crippen molar-refractivity contribution in [3.63, 3.8) is 0 Å². The number of amides is 1. The predicted octanol–water partition coefficient (Wildman–Crippen LogP) is 2.75. The molecule has 1 aromatic heterocycles. The SMILES string of the molecule is CC(C)N(CC(Cl)C(C)(C)F)c1ccncc1C(N)=O. The number of aromatic nitrogens is 1. The molecule has 1 aromatic rings. The van der Waals surface area contributed by atoms with Crippen LogP contribution >= 0.6 is 11.6 Å². The zero-order valence-corrected chi connectivity index (χ0v) is 13.0. The van der Waals surface area contributed by atoms with Crippen LogP contribution < -0.4 is 10.6 Å². The number of halogens is 2. The second-order valence-corrected chi connectivity index (χ2v) is 6.06. The van der Waals surface area contributed by atoms with E-state index >= 15 is 0 Å². The lowest BCUT2D eigenvalue weighted by molar-refractivity contribution is 0.100. The highest BCUT2D eigenvalue weighted by Gasteiger charge is 2.30. The Bertz CT molecular complexity index is 474. The fourth-order valence-electron chi connectivity index (χ4n) is 1.80. The number of rotatable bonds is 6. The first-order chi connectivity index (χ1) is 9.14. The summed E-state index contributed by atoms with van der Waals surface area (Å²) in [5.41, 5.74) is 4.77. The van der Waals surface area contributed by atoms with Gasteiger partial charge in [-0.25, -0.2) is 4.39 Å². The van der Waals surface area contributed by atoms with E-state index in [9.17, 15) is 9.18 Å². The van der Waals surface area contributed by atoms with Gasteiger partial charge in [-0.05, 0) is 33.8 Å². The average Bonchev–Trinajstić information content (AvgIpc) is 2.33. The number of hydrogen-bond donors (Lipinski definition) is 1. The van der Waals surface area contributed by atoms with Crippen molar-refractivity contribution in [3.8, 4) is 0 Å². The van der Waals surface area contributed by atoms with Gasteiger partial charge in [0.05, 0.1) is 16.6 Å². The van der Waals surface area contributed by atoms with E-state index in [1.165, 1.54) is 20.0 Å². The lowest BCUT2D eigenvalue weighted by Gasteiger charge is -2.34. The second-order valence-electron chi connectivity index (χ2n) is 5.54. The molecule has 0 aliphatic carbocycles. The Hall–Kier alpha value is -1.36. The van der Waals surface area contributed by atoms with Crippen LogP contribution in [-0.2, 0) is 0 Å². The molecule has 0 aliphatic rings. The summed E-state index contributed by atoms with van der Waals surface area (Å²) in [4.78, 5) is 17.2. The Labute approximate surface area is 124 Å². The van der Waals surface area contributed by atoms with Gasteiger partial charge in [0.2, 0.25) is 0 Å². The summed E-state index contributed by atoms with van der Waals surface area (Å²) < 4.78 is 13.9. The molecule has 1 amide bonds. The van der Waals surface area contributed by atoms with Crippen LogP contribution in [0.2, 0.25) is 0 Å². The average molecular weight is 302 g/mol. The van der Waals surface area contributed by atoms with Gasteiger partial charge in [-0.1, -0.05) is 0 Å². The van der Waals surface area contributed by atoms with Crippen LogP contribution in [0.15, 0.2) is 18.5 Å². The number of carbonyl (C=O) groups is 1. The number of hydrogen-bond acceptors (Lipinski definition) is 3. The largest absolute Gasteiger partial charge is 0.367 e. The Morgan fingerprint density at radius 1 is 1.55 bits per heavy atom. The molecule has 2 N–H and O–H groups in total. The van der Waals surface area contributed by atoms with Crippen molar-refractivity contribution < 1.29 is 9.18 Å². The summed E-state index contributed by atoms with van der Waals surface area (Å²) in [7, 11) is 0. The third kappa shape index (κ3) is 4.07. The summed E-state index contributed by atoms with van der Waals surface area (Å²) in [6.45, 7) is 7.03. The molecule has 0 bridgehead atoms. The number of nitrogens with two attached hydrogens (primary N) is 1. The van der Waals surface area contributed by atoms with E-state index in [2.05, 4.69) is 4.98 Å². The normalized spacial score (nSPS) is 13.3. The van der Waals surface area contributed by atoms with Crippen LogP contribution in [-0.4, -0.2) is 34.5 Å². The fraction of sp³-hybridized carbons (Fsp3) is 0.571. The first kappa shape index (κ1) is 16.7. The van der Waals surface area contributed by atoms with Gasteiger partial charge >= 0.3 is 0 Å². The van der Waals surface area contributed by atoms with Crippen LogP contribution in [0.25, 0.3) is 0 Å². The van der Waals surface area contributed by atoms with Crippen LogP contribution in [0, 0.1) is 0 Å². The maximum absolute atomic E-state index is 13.9. The Morgan fingerprint density at radius 3 is 2.60 bits per heavy atom. The van der Waals surface area contributed by atoms with Gasteiger partial charge in [0.15, 0.2) is 0 Å². The molecular formula is C14H21ClFN3O. The van der Waals surface area contributed by atoms with Gasteiger partial charge in [0.25, 0.3) is 5.91 Å². The number of primary amides is 1. The molecule has 1 unspecified atom stereocenters. The molecular weight excluding hydrogens is 281 g/mol. The molecule has 6 heteroatoms. The molecule has 0 radical (unpaired) electrons. The third-order valence-electron chi connectivity index (χ3n) is 3.10. The highest BCUT2D eigenvalue weighted by Crippen LogP contribution is 2.27. The number of anilines is 1. The van der Waals surface area contributed by atoms with Crippen LogP contribution in [0.4, 0.5) is 10.1 Å². The van der Waals surface area contributed by atoms with Crippen molar-refractivity contribution in [2.75, 3.05) is 11.4 Å². The number of alkyl halides is 2. The van der Waals surface area contributed by atoms with Crippen LogP contribution in [0.3, 0.4) is 0 Å². The minimum absolute atomic E-state index is 0.0408. The number of pyridine rings is 1. The van der Waals surface area contributed by atoms with Gasteiger partial charge in [-0.3, -0.25) is 9.78 Å². The molecule has 112 valence electrons. The Balaban J connectivity index is 3.13. The molecule has 0 aliphatic heterocycles. The lowest BCUT2D eigenvalue weighted by Crippen LogP contribution is -2.43. The van der Waals surface area contributed by atoms with Gasteiger partial charge < -0.3 is 10.6 Å². The van der Waals surface area contributed by atoms with Crippen molar-refractivity contribution >= 4 is 23.2 Å². The summed E-state index contributed by atoms with van der Waals surface area (Å²) in [6, 6.07) is 1.73. The van der Waals surface area contributed by atoms with E-state index in [0.29, 0.717) is 11.3 Å². The van der Waals surface area contributed by atoms with Crippen molar-refractivity contribution in [2.24, 2.45) is 5.73 Å². The van der Waals surface area contributed by atoms with Gasteiger partial charge in [0, 0.05) is 25.0 Å². The van der Waals surface area contributed by atoms with E-state index in [1.54, 1.807) is 12.3 Å². The minimum atomic E-state index is -1.52. The summed E-state index contributed by atoms with van der Waals surface area (Å²) >= 11 is 6.13. The van der Waals surface area contributed by atoms with Gasteiger partial charge in [-0.15, -0.1) is 11.6 Å². The zero-order valence-electron chi connectivity index (χ0n) is 12.2. The van der Waals surface area contributed by atoms with Crippen molar-refractivity contribution in [2.45, 2.75) is 44.8 Å². The van der Waals surface area contributed by atoms with Crippen LogP contribution in [0.1, 0.15) is 38.1 Å². The van der Waals surface area contributed by atoms with E-state index in [0.717, 1.165) is 0 Å². The molecule has 0 aromatic carbocycles. The quantitative estimate of drug-likeness (QED) is 0.822. The molecule has 4 nitrogen and oxygen atoms in total. The standard InChI is InChI=1S/C14H21ClFN3O/c1-9(2)19(8-12(15)14(3,4)16)11-5-6-18-7-10(11)13(17)20/h5-7,9,12H,8H2,1-4H3,(H2,17,20). The Morgan fingerprint density at radius 2 is 2.15 bits per heavy atom. The molecule has 1 atom stereocenters. The number of nitrogens with zero attached hydrogens (tertiary/aromatic N) is 2. The Kier molecular flexibility index (Phi) is 5.34. The van der Waals surface area contributed by atoms with Gasteiger partial charge in [-0.2, -0.15) is 0 Å². The smallest absolute Gasteiger partial charge is 0.252 e. The third-order valence-corrected chi connectivity index (χ3v) is 3.76. The topological polar surface area (TPSA) is 59.2 Å². The van der Waals surface area contributed by atoms with E-state index in [-0.39, 0.29) is 12.6 Å². The van der Waals surface area contributed by atoms with Crippen molar-refractivity contribution in [3.05, 3.63) is 24.0 Å². The highest BCUT2D eigenvalue weighted by atomic mass is 35.5. The second kappa shape index (κ2) is 6.39.